The van der Waals surface area contributed by atoms with E-state index in [9.17, 15) is 24.3 Å². The number of ether oxygens (including phenoxy) is 1. The molecule has 2 heterocycles. The fourth-order valence-electron chi connectivity index (χ4n) is 3.92. The van der Waals surface area contributed by atoms with Gasteiger partial charge in [-0.1, -0.05) is 30.3 Å². The highest BCUT2D eigenvalue weighted by Crippen LogP contribution is 2.50. The minimum absolute atomic E-state index is 0.414. The molecule has 0 aromatic heterocycles. The van der Waals surface area contributed by atoms with Gasteiger partial charge in [0, 0.05) is 24.1 Å². The van der Waals surface area contributed by atoms with Crippen LogP contribution >= 0.6 is 11.8 Å². The van der Waals surface area contributed by atoms with Crippen molar-refractivity contribution in [3.05, 3.63) is 48.2 Å². The van der Waals surface area contributed by atoms with Crippen molar-refractivity contribution in [1.82, 2.24) is 15.1 Å². The number of thioether (sulfide) groups is 1. The van der Waals surface area contributed by atoms with Gasteiger partial charge in [0.1, 0.15) is 23.5 Å². The maximum atomic E-state index is 13.2. The van der Waals surface area contributed by atoms with Gasteiger partial charge in [-0.3, -0.25) is 9.59 Å². The predicted octanol–water partition coefficient (Wildman–Crippen LogP) is 0.978. The standard InChI is InChI=1S/C21H25N3O6S/c1-21(2)16(20(28)29)24-18(27)14(19(24)31-21)22-17(26)15(12-8-6-5-7-9-12)23(3)11-10-13(25)30-4/h5-11,14-16,19H,1-4H3,(H,22,26)(H,28,29)/t14-,15?,16+,19-/m1/s1. The van der Waals surface area contributed by atoms with Crippen molar-refractivity contribution in [2.45, 2.75) is 42.1 Å². The third-order valence-corrected chi connectivity index (χ3v) is 6.96. The number of rotatable bonds is 7. The fourth-order valence-corrected chi connectivity index (χ4v) is 5.54. The zero-order valence-electron chi connectivity index (χ0n) is 17.6. The summed E-state index contributed by atoms with van der Waals surface area (Å²) in [5.41, 5.74) is 0.670. The number of hydrogen-bond acceptors (Lipinski definition) is 7. The number of methoxy groups -OCH3 is 1. The molecule has 2 N–H and O–H groups in total. The zero-order valence-corrected chi connectivity index (χ0v) is 18.5. The Morgan fingerprint density at radius 2 is 1.94 bits per heavy atom. The highest BCUT2D eigenvalue weighted by atomic mass is 32.2. The van der Waals surface area contributed by atoms with Crippen LogP contribution in [0, 0.1) is 0 Å². The summed E-state index contributed by atoms with van der Waals surface area (Å²) in [5.74, 6) is -2.47. The van der Waals surface area contributed by atoms with E-state index in [0.717, 1.165) is 0 Å². The highest BCUT2D eigenvalue weighted by Gasteiger charge is 2.64. The van der Waals surface area contributed by atoms with Gasteiger partial charge in [0.05, 0.1) is 7.11 Å². The van der Waals surface area contributed by atoms with E-state index in [1.807, 2.05) is 6.07 Å². The molecule has 1 aromatic rings. The van der Waals surface area contributed by atoms with Gasteiger partial charge in [-0.05, 0) is 19.4 Å². The molecule has 0 bridgehead atoms. The van der Waals surface area contributed by atoms with E-state index < -0.39 is 52.0 Å². The molecule has 2 aliphatic rings. The molecule has 2 aliphatic heterocycles. The summed E-state index contributed by atoms with van der Waals surface area (Å²) in [7, 11) is 2.90. The van der Waals surface area contributed by atoms with Gasteiger partial charge >= 0.3 is 11.9 Å². The summed E-state index contributed by atoms with van der Waals surface area (Å²) < 4.78 is 3.92. The molecule has 1 unspecified atom stereocenters. The van der Waals surface area contributed by atoms with Crippen molar-refractivity contribution in [2.24, 2.45) is 0 Å². The second-order valence-electron chi connectivity index (χ2n) is 7.90. The lowest BCUT2D eigenvalue weighted by Gasteiger charge is -2.44. The number of fused-ring (bicyclic) bond motifs is 1. The number of nitrogens with zero attached hydrogens (tertiary/aromatic N) is 2. The molecule has 1 aromatic carbocycles. The van der Waals surface area contributed by atoms with Gasteiger partial charge in [0.15, 0.2) is 0 Å². The Balaban J connectivity index is 1.80. The average molecular weight is 448 g/mol. The van der Waals surface area contributed by atoms with Gasteiger partial charge in [0.25, 0.3) is 0 Å². The number of carbonyl (C=O) groups excluding carboxylic acids is 3. The number of amides is 2. The number of carboxylic acid groups (broad SMARTS) is 1. The summed E-state index contributed by atoms with van der Waals surface area (Å²) in [5, 5.41) is 11.9. The van der Waals surface area contributed by atoms with Crippen molar-refractivity contribution in [3.8, 4) is 0 Å². The number of benzene rings is 1. The lowest BCUT2D eigenvalue weighted by atomic mass is 9.95. The zero-order chi connectivity index (χ0) is 22.9. The summed E-state index contributed by atoms with van der Waals surface area (Å²) in [6, 6.07) is 6.37. The Bertz CT molecular complexity index is 919. The van der Waals surface area contributed by atoms with Crippen LogP contribution in [0.5, 0.6) is 0 Å². The van der Waals surface area contributed by atoms with Crippen molar-refractivity contribution in [2.75, 3.05) is 14.2 Å². The Hall–Kier alpha value is -3.01. The van der Waals surface area contributed by atoms with Gasteiger partial charge in [-0.2, -0.15) is 0 Å². The topological polar surface area (TPSA) is 116 Å². The maximum Gasteiger partial charge on any atom is 0.331 e. The third-order valence-electron chi connectivity index (χ3n) is 5.39. The lowest BCUT2D eigenvalue weighted by molar-refractivity contribution is -0.161. The molecule has 4 atom stereocenters. The van der Waals surface area contributed by atoms with E-state index in [-0.39, 0.29) is 0 Å². The van der Waals surface area contributed by atoms with Crippen molar-refractivity contribution < 1.29 is 29.0 Å². The maximum absolute atomic E-state index is 13.2. The normalized spacial score (nSPS) is 24.8. The first-order valence-corrected chi connectivity index (χ1v) is 10.5. The third kappa shape index (κ3) is 4.25. The predicted molar refractivity (Wildman–Crippen MR) is 114 cm³/mol. The van der Waals surface area contributed by atoms with Gasteiger partial charge < -0.3 is 25.0 Å². The minimum atomic E-state index is -1.06. The van der Waals surface area contributed by atoms with Crippen LogP contribution in [0.3, 0.4) is 0 Å². The van der Waals surface area contributed by atoms with Crippen LogP contribution in [0.15, 0.2) is 42.6 Å². The highest BCUT2D eigenvalue weighted by molar-refractivity contribution is 8.01. The molecule has 3 rings (SSSR count). The summed E-state index contributed by atoms with van der Waals surface area (Å²) >= 11 is 1.36. The number of β-lactam (4-membered cyclic amide) rings is 1. The molecule has 9 nitrogen and oxygen atoms in total. The molecule has 0 saturated carbocycles. The Morgan fingerprint density at radius 3 is 2.52 bits per heavy atom. The quantitative estimate of drug-likeness (QED) is 0.361. The van der Waals surface area contributed by atoms with E-state index in [1.54, 1.807) is 50.1 Å². The molecule has 0 radical (unpaired) electrons. The van der Waals surface area contributed by atoms with Crippen molar-refractivity contribution in [1.29, 1.82) is 0 Å². The monoisotopic (exact) mass is 447 g/mol. The van der Waals surface area contributed by atoms with Crippen LogP contribution in [0.4, 0.5) is 0 Å². The van der Waals surface area contributed by atoms with Crippen molar-refractivity contribution in [3.63, 3.8) is 0 Å². The van der Waals surface area contributed by atoms with Crippen LogP contribution in [0.1, 0.15) is 25.5 Å². The second-order valence-corrected chi connectivity index (χ2v) is 9.67. The average Bonchev–Trinajstić information content (AvgIpc) is 2.99. The number of hydrogen-bond donors (Lipinski definition) is 2. The fraction of sp³-hybridized carbons (Fsp3) is 0.429. The van der Waals surface area contributed by atoms with Crippen molar-refractivity contribution >= 4 is 35.5 Å². The summed E-state index contributed by atoms with van der Waals surface area (Å²) in [6.07, 6.45) is 2.64. The van der Waals surface area contributed by atoms with E-state index >= 15 is 0 Å². The molecule has 166 valence electrons. The SMILES string of the molecule is COC(=O)C=CN(C)C(C(=O)N[C@@H]1C(=O)N2[C@@H]1SC(C)(C)[C@@H]2C(=O)O)c1ccccc1. The molecule has 2 fully saturated rings. The second kappa shape index (κ2) is 8.62. The minimum Gasteiger partial charge on any atom is -0.480 e. The molecular formula is C21H25N3O6S. The van der Waals surface area contributed by atoms with Gasteiger partial charge in [-0.15, -0.1) is 11.8 Å². The molecule has 2 saturated heterocycles. The molecular weight excluding hydrogens is 422 g/mol. The number of aliphatic carboxylic acids is 1. The summed E-state index contributed by atoms with van der Waals surface area (Å²) in [6.45, 7) is 3.55. The molecule has 10 heteroatoms. The number of likely N-dealkylation sites (N-methyl/N-ethyl adjacent to an activating group) is 1. The van der Waals surface area contributed by atoms with E-state index in [2.05, 4.69) is 10.1 Å². The van der Waals surface area contributed by atoms with E-state index in [1.165, 1.54) is 36.0 Å². The van der Waals surface area contributed by atoms with Crippen LogP contribution in [-0.2, 0) is 23.9 Å². The molecule has 2 amide bonds. The smallest absolute Gasteiger partial charge is 0.331 e. The Labute approximate surface area is 184 Å². The summed E-state index contributed by atoms with van der Waals surface area (Å²) in [4.78, 5) is 51.9. The number of carboxylic acids is 1. The first-order valence-electron chi connectivity index (χ1n) is 9.64. The number of carbonyl (C=O) groups is 4. The Kier molecular flexibility index (Phi) is 6.30. The van der Waals surface area contributed by atoms with Gasteiger partial charge in [0.2, 0.25) is 11.8 Å². The largest absolute Gasteiger partial charge is 0.480 e. The Morgan fingerprint density at radius 1 is 1.29 bits per heavy atom. The first kappa shape index (κ1) is 22.7. The number of nitrogens with one attached hydrogen (secondary N) is 1. The van der Waals surface area contributed by atoms with E-state index in [0.29, 0.717) is 5.56 Å². The molecule has 0 spiro atoms. The van der Waals surface area contributed by atoms with Crippen LogP contribution in [0.2, 0.25) is 0 Å². The molecule has 0 aliphatic carbocycles. The van der Waals surface area contributed by atoms with E-state index in [4.69, 9.17) is 0 Å². The first-order chi connectivity index (χ1) is 14.6. The molecule has 31 heavy (non-hydrogen) atoms. The van der Waals surface area contributed by atoms with Crippen LogP contribution in [0.25, 0.3) is 0 Å². The van der Waals surface area contributed by atoms with Gasteiger partial charge in [-0.25, -0.2) is 9.59 Å². The van der Waals surface area contributed by atoms with Crippen LogP contribution < -0.4 is 5.32 Å². The van der Waals surface area contributed by atoms with Crippen LogP contribution in [-0.4, -0.2) is 75.0 Å². The lowest BCUT2D eigenvalue weighted by Crippen LogP contribution is -2.71. The number of esters is 1.